The van der Waals surface area contributed by atoms with Crippen molar-refractivity contribution in [2.75, 3.05) is 19.8 Å². The lowest BCUT2D eigenvalue weighted by molar-refractivity contribution is -0.143. The third kappa shape index (κ3) is 9.59. The maximum Gasteiger partial charge on any atom is 0.227 e. The minimum Gasteiger partial charge on any atom is -0.386 e. The first kappa shape index (κ1) is 29.9. The minimum absolute atomic E-state index is 0.0552. The Morgan fingerprint density at radius 1 is 1.19 bits per heavy atom. The summed E-state index contributed by atoms with van der Waals surface area (Å²) in [5.41, 5.74) is 6.37. The Balaban J connectivity index is 2.04. The number of hydrogen-bond donors (Lipinski definition) is 2. The van der Waals surface area contributed by atoms with Crippen molar-refractivity contribution in [2.24, 2.45) is 23.5 Å². The Hall–Kier alpha value is -3.29. The number of allylic oxidation sites excluding steroid dienone is 1. The van der Waals surface area contributed by atoms with E-state index < -0.39 is 30.3 Å². The summed E-state index contributed by atoms with van der Waals surface area (Å²) in [7, 11) is 0. The van der Waals surface area contributed by atoms with Gasteiger partial charge < -0.3 is 16.0 Å². The fraction of sp³-hybridized carbons (Fsp3) is 0.517. The molecule has 0 radical (unpaired) electrons. The molecule has 0 spiro atoms. The summed E-state index contributed by atoms with van der Waals surface area (Å²) in [5, 5.41) is 2.85. The zero-order chi connectivity index (χ0) is 27.4. The summed E-state index contributed by atoms with van der Waals surface area (Å²) < 4.78 is 13.2. The molecule has 3 atom stereocenters. The van der Waals surface area contributed by atoms with Crippen LogP contribution >= 0.6 is 0 Å². The number of ketones is 3. The van der Waals surface area contributed by atoms with Crippen LogP contribution < -0.4 is 11.1 Å². The van der Waals surface area contributed by atoms with E-state index in [-0.39, 0.29) is 36.2 Å². The van der Waals surface area contributed by atoms with Crippen molar-refractivity contribution in [1.29, 1.82) is 0 Å². The molecule has 8 heteroatoms. The van der Waals surface area contributed by atoms with E-state index in [9.17, 15) is 23.6 Å². The van der Waals surface area contributed by atoms with Crippen LogP contribution in [0.2, 0.25) is 0 Å². The molecule has 2 rings (SSSR count). The number of halogens is 1. The SMILES string of the molecule is C=C(N)NCCC[C@H](CC(=O)[C@@H]1CCCN1C(=O)[C@@H](CC(=O)/C=C/c1ccccc1)C(C)C)C(=O)CF. The van der Waals surface area contributed by atoms with Gasteiger partial charge in [0.05, 0.1) is 11.9 Å². The summed E-state index contributed by atoms with van der Waals surface area (Å²) in [6.45, 7) is 7.09. The number of carbonyl (C=O) groups is 4. The molecule has 0 saturated carbocycles. The van der Waals surface area contributed by atoms with Gasteiger partial charge in [0, 0.05) is 37.8 Å². The van der Waals surface area contributed by atoms with E-state index in [2.05, 4.69) is 11.9 Å². The Labute approximate surface area is 219 Å². The number of benzene rings is 1. The molecule has 1 aliphatic heterocycles. The van der Waals surface area contributed by atoms with Crippen LogP contribution in [-0.2, 0) is 19.2 Å². The highest BCUT2D eigenvalue weighted by atomic mass is 19.1. The number of nitrogens with two attached hydrogens (primary N) is 1. The van der Waals surface area contributed by atoms with E-state index >= 15 is 0 Å². The highest BCUT2D eigenvalue weighted by Gasteiger charge is 2.39. The normalized spacial score (nSPS) is 17.1. The number of rotatable bonds is 16. The molecule has 0 aromatic heterocycles. The lowest BCUT2D eigenvalue weighted by atomic mass is 9.87. The number of likely N-dealkylation sites (tertiary alicyclic amines) is 1. The predicted octanol–water partition coefficient (Wildman–Crippen LogP) is 3.84. The van der Waals surface area contributed by atoms with Gasteiger partial charge >= 0.3 is 0 Å². The average Bonchev–Trinajstić information content (AvgIpc) is 3.37. The maximum atomic E-state index is 13.5. The van der Waals surface area contributed by atoms with E-state index in [1.165, 1.54) is 6.08 Å². The topological polar surface area (TPSA) is 110 Å². The zero-order valence-electron chi connectivity index (χ0n) is 22.0. The van der Waals surface area contributed by atoms with E-state index in [1.54, 1.807) is 11.0 Å². The van der Waals surface area contributed by atoms with Gasteiger partial charge in [0.25, 0.3) is 0 Å². The van der Waals surface area contributed by atoms with Crippen LogP contribution in [0.4, 0.5) is 4.39 Å². The van der Waals surface area contributed by atoms with Gasteiger partial charge in [-0.05, 0) is 43.2 Å². The van der Waals surface area contributed by atoms with Crippen molar-refractivity contribution in [3.8, 4) is 0 Å². The van der Waals surface area contributed by atoms with Gasteiger partial charge in [0.15, 0.2) is 17.3 Å². The molecule has 0 unspecified atom stereocenters. The van der Waals surface area contributed by atoms with Crippen LogP contribution in [-0.4, -0.2) is 54.0 Å². The largest absolute Gasteiger partial charge is 0.386 e. The molecule has 3 N–H and O–H groups in total. The molecular formula is C29H40FN3O4. The molecule has 1 aromatic rings. The summed E-state index contributed by atoms with van der Waals surface area (Å²) >= 11 is 0. The second-order valence-electron chi connectivity index (χ2n) is 10.0. The number of carbonyl (C=O) groups excluding carboxylic acids is 4. The lowest BCUT2D eigenvalue weighted by Crippen LogP contribution is -2.45. The van der Waals surface area contributed by atoms with Crippen LogP contribution in [0.25, 0.3) is 6.08 Å². The first-order valence-electron chi connectivity index (χ1n) is 13.0. The number of hydrogen-bond acceptors (Lipinski definition) is 6. The van der Waals surface area contributed by atoms with Crippen molar-refractivity contribution in [1.82, 2.24) is 10.2 Å². The van der Waals surface area contributed by atoms with Gasteiger partial charge in [-0.2, -0.15) is 0 Å². The van der Waals surface area contributed by atoms with E-state index in [0.717, 1.165) is 5.56 Å². The Bertz CT molecular complexity index is 977. The van der Waals surface area contributed by atoms with Gasteiger partial charge in [-0.3, -0.25) is 19.2 Å². The second kappa shape index (κ2) is 15.1. The molecule has 1 aliphatic rings. The molecular weight excluding hydrogens is 473 g/mol. The highest BCUT2D eigenvalue weighted by molar-refractivity contribution is 5.98. The summed E-state index contributed by atoms with van der Waals surface area (Å²) in [6.07, 6.45) is 5.21. The zero-order valence-corrected chi connectivity index (χ0v) is 22.0. The Morgan fingerprint density at radius 2 is 1.89 bits per heavy atom. The molecule has 1 aromatic carbocycles. The van der Waals surface area contributed by atoms with Crippen molar-refractivity contribution >= 4 is 29.3 Å². The molecule has 0 aliphatic carbocycles. The standard InChI is InChI=1S/C29H40FN3O4/c1-20(2)25(18-24(34)14-13-22-9-5-4-6-10-22)29(37)33-16-8-12-26(33)27(35)17-23(28(36)19-30)11-7-15-32-21(3)31/h4-6,9-10,13-14,20,23,25-26,32H,3,7-8,11-12,15-19,31H2,1-2H3/b14-13+/t23-,25+,26+/m1/s1. The second-order valence-corrected chi connectivity index (χ2v) is 10.0. The lowest BCUT2D eigenvalue weighted by Gasteiger charge is -2.30. The highest BCUT2D eigenvalue weighted by Crippen LogP contribution is 2.28. The third-order valence-corrected chi connectivity index (χ3v) is 6.83. The maximum absolute atomic E-state index is 13.5. The summed E-state index contributed by atoms with van der Waals surface area (Å²) in [5.74, 6) is -2.29. The Kier molecular flexibility index (Phi) is 12.2. The predicted molar refractivity (Wildman–Crippen MR) is 143 cm³/mol. The van der Waals surface area contributed by atoms with Crippen molar-refractivity contribution in [2.45, 2.75) is 58.4 Å². The summed E-state index contributed by atoms with van der Waals surface area (Å²) in [6, 6.07) is 8.79. The van der Waals surface area contributed by atoms with Crippen molar-refractivity contribution in [3.05, 3.63) is 54.4 Å². The fourth-order valence-electron chi connectivity index (χ4n) is 4.69. The molecule has 1 amide bonds. The van der Waals surface area contributed by atoms with Gasteiger partial charge in [-0.25, -0.2) is 4.39 Å². The van der Waals surface area contributed by atoms with E-state index in [4.69, 9.17) is 5.73 Å². The van der Waals surface area contributed by atoms with Gasteiger partial charge in [-0.15, -0.1) is 0 Å². The average molecular weight is 514 g/mol. The first-order valence-corrected chi connectivity index (χ1v) is 13.0. The van der Waals surface area contributed by atoms with Gasteiger partial charge in [0.1, 0.15) is 6.67 Å². The van der Waals surface area contributed by atoms with Crippen LogP contribution in [0, 0.1) is 17.8 Å². The number of nitrogens with one attached hydrogen (secondary N) is 1. The molecule has 37 heavy (non-hydrogen) atoms. The Morgan fingerprint density at radius 3 is 2.51 bits per heavy atom. The quantitative estimate of drug-likeness (QED) is 0.257. The number of Topliss-reactive ketones (excluding diaryl/α,β-unsaturated/α-hetero) is 2. The van der Waals surface area contributed by atoms with Crippen LogP contribution in [0.5, 0.6) is 0 Å². The molecule has 1 saturated heterocycles. The number of nitrogens with zero attached hydrogens (tertiary/aromatic N) is 1. The van der Waals surface area contributed by atoms with Crippen molar-refractivity contribution in [3.63, 3.8) is 0 Å². The van der Waals surface area contributed by atoms with Crippen molar-refractivity contribution < 1.29 is 23.6 Å². The van der Waals surface area contributed by atoms with Gasteiger partial charge in [-0.1, -0.05) is 56.8 Å². The van der Waals surface area contributed by atoms with E-state index in [0.29, 0.717) is 44.6 Å². The van der Waals surface area contributed by atoms with E-state index in [1.807, 2.05) is 44.2 Å². The van der Waals surface area contributed by atoms with Crippen LogP contribution in [0.15, 0.2) is 48.8 Å². The molecule has 1 heterocycles. The van der Waals surface area contributed by atoms with Gasteiger partial charge in [0.2, 0.25) is 5.91 Å². The summed E-state index contributed by atoms with van der Waals surface area (Å²) in [4.78, 5) is 53.1. The molecule has 1 fully saturated rings. The molecule has 0 bridgehead atoms. The number of amides is 1. The molecule has 7 nitrogen and oxygen atoms in total. The van der Waals surface area contributed by atoms with Crippen LogP contribution in [0.3, 0.4) is 0 Å². The van der Waals surface area contributed by atoms with Crippen LogP contribution in [0.1, 0.15) is 57.9 Å². The number of alkyl halides is 1. The fourth-order valence-corrected chi connectivity index (χ4v) is 4.69. The molecule has 202 valence electrons. The third-order valence-electron chi connectivity index (χ3n) is 6.83. The monoisotopic (exact) mass is 513 g/mol. The first-order chi connectivity index (χ1) is 17.6. The minimum atomic E-state index is -1.13. The smallest absolute Gasteiger partial charge is 0.227 e.